The van der Waals surface area contributed by atoms with Crippen molar-refractivity contribution < 1.29 is 9.59 Å². The molecule has 0 radical (unpaired) electrons. The van der Waals surface area contributed by atoms with Gasteiger partial charge in [-0.05, 0) is 38.1 Å². The average molecular weight is 362 g/mol. The van der Waals surface area contributed by atoms with Crippen LogP contribution in [0.3, 0.4) is 0 Å². The molecule has 2 aromatic rings. The number of halogens is 1. The molecule has 0 spiro atoms. The van der Waals surface area contributed by atoms with Crippen LogP contribution in [-0.4, -0.2) is 21.6 Å². The summed E-state index contributed by atoms with van der Waals surface area (Å²) < 4.78 is 2.64. The van der Waals surface area contributed by atoms with Crippen molar-refractivity contribution in [2.75, 3.05) is 4.90 Å². The van der Waals surface area contributed by atoms with E-state index in [2.05, 4.69) is 21.0 Å². The van der Waals surface area contributed by atoms with E-state index < -0.39 is 0 Å². The van der Waals surface area contributed by atoms with E-state index in [9.17, 15) is 9.59 Å². The van der Waals surface area contributed by atoms with Gasteiger partial charge in [-0.1, -0.05) is 22.0 Å². The fourth-order valence-corrected chi connectivity index (χ4v) is 3.18. The number of aryl methyl sites for hydroxylation is 2. The first kappa shape index (κ1) is 15.0. The molecular weight excluding hydrogens is 346 g/mol. The van der Waals surface area contributed by atoms with Gasteiger partial charge in [0, 0.05) is 16.6 Å². The summed E-state index contributed by atoms with van der Waals surface area (Å²) in [6.45, 7) is 4.31. The van der Waals surface area contributed by atoms with Gasteiger partial charge in [0.15, 0.2) is 0 Å². The van der Waals surface area contributed by atoms with Crippen molar-refractivity contribution in [2.45, 2.75) is 26.8 Å². The fourth-order valence-electron chi connectivity index (χ4n) is 2.79. The number of imide groups is 1. The lowest BCUT2D eigenvalue weighted by atomic mass is 10.1. The maximum Gasteiger partial charge on any atom is 0.239 e. The molecule has 1 saturated heterocycles. The zero-order valence-electron chi connectivity index (χ0n) is 12.4. The molecule has 3 rings (SSSR count). The van der Waals surface area contributed by atoms with E-state index in [0.717, 1.165) is 15.9 Å². The fraction of sp³-hybridized carbons (Fsp3) is 0.312. The number of rotatable bonds is 3. The Morgan fingerprint density at radius 1 is 1.27 bits per heavy atom. The second-order valence-electron chi connectivity index (χ2n) is 5.56. The highest BCUT2D eigenvalue weighted by Crippen LogP contribution is 2.29. The van der Waals surface area contributed by atoms with Crippen LogP contribution in [0.25, 0.3) is 0 Å². The molecule has 2 heterocycles. The highest BCUT2D eigenvalue weighted by Gasteiger charge is 2.39. The number of anilines is 1. The monoisotopic (exact) mass is 361 g/mol. The van der Waals surface area contributed by atoms with E-state index in [-0.39, 0.29) is 24.2 Å². The number of hydrogen-bond acceptors (Lipinski definition) is 3. The van der Waals surface area contributed by atoms with Crippen molar-refractivity contribution in [3.63, 3.8) is 0 Å². The smallest absolute Gasteiger partial charge is 0.239 e. The molecule has 5 nitrogen and oxygen atoms in total. The van der Waals surface area contributed by atoms with Crippen LogP contribution in [0, 0.1) is 19.8 Å². The lowest BCUT2D eigenvalue weighted by Crippen LogP contribution is -2.31. The number of benzene rings is 1. The zero-order chi connectivity index (χ0) is 15.9. The van der Waals surface area contributed by atoms with Crippen molar-refractivity contribution in [1.29, 1.82) is 0 Å². The molecule has 1 aliphatic rings. The molecule has 0 saturated carbocycles. The lowest BCUT2D eigenvalue weighted by Gasteiger charge is -2.15. The van der Waals surface area contributed by atoms with E-state index >= 15 is 0 Å². The molecule has 0 aliphatic carbocycles. The first-order valence-corrected chi connectivity index (χ1v) is 7.88. The van der Waals surface area contributed by atoms with E-state index in [4.69, 9.17) is 0 Å². The summed E-state index contributed by atoms with van der Waals surface area (Å²) in [5.41, 5.74) is 2.53. The van der Waals surface area contributed by atoms with Gasteiger partial charge < -0.3 is 0 Å². The molecule has 1 aromatic carbocycles. The standard InChI is InChI=1S/C16H16BrN3O2/c1-10-6-11(2)19(18-10)9-12-7-15(21)20(16(12)22)14-5-3-4-13(17)8-14/h3-6,8,12H,7,9H2,1-2H3. The maximum atomic E-state index is 12.6. The highest BCUT2D eigenvalue weighted by molar-refractivity contribution is 9.10. The summed E-state index contributed by atoms with van der Waals surface area (Å²) in [7, 11) is 0. The minimum Gasteiger partial charge on any atom is -0.274 e. The van der Waals surface area contributed by atoms with E-state index in [1.54, 1.807) is 16.8 Å². The van der Waals surface area contributed by atoms with Gasteiger partial charge in [-0.15, -0.1) is 0 Å². The lowest BCUT2D eigenvalue weighted by molar-refractivity contribution is -0.122. The number of hydrogen-bond donors (Lipinski definition) is 0. The van der Waals surface area contributed by atoms with Crippen LogP contribution in [-0.2, 0) is 16.1 Å². The summed E-state index contributed by atoms with van der Waals surface area (Å²) in [5, 5.41) is 4.37. The number of carbonyl (C=O) groups is 2. The molecule has 2 amide bonds. The van der Waals surface area contributed by atoms with Crippen molar-refractivity contribution in [1.82, 2.24) is 9.78 Å². The molecule has 1 fully saturated rings. The van der Waals surface area contributed by atoms with Gasteiger partial charge in [0.05, 0.1) is 23.8 Å². The third-order valence-electron chi connectivity index (χ3n) is 3.80. The normalized spacial score (nSPS) is 18.3. The second kappa shape index (κ2) is 5.68. The molecular formula is C16H16BrN3O2. The van der Waals surface area contributed by atoms with Crippen LogP contribution in [0.5, 0.6) is 0 Å². The molecule has 114 valence electrons. The van der Waals surface area contributed by atoms with Crippen LogP contribution >= 0.6 is 15.9 Å². The predicted molar refractivity (Wildman–Crippen MR) is 86.4 cm³/mol. The summed E-state index contributed by atoms with van der Waals surface area (Å²) in [6, 6.07) is 9.19. The Balaban J connectivity index is 1.84. The van der Waals surface area contributed by atoms with Crippen molar-refractivity contribution in [3.8, 4) is 0 Å². The maximum absolute atomic E-state index is 12.6. The Labute approximate surface area is 137 Å². The predicted octanol–water partition coefficient (Wildman–Crippen LogP) is 2.84. The third-order valence-corrected chi connectivity index (χ3v) is 4.30. The molecule has 0 N–H and O–H groups in total. The summed E-state index contributed by atoms with van der Waals surface area (Å²) in [4.78, 5) is 26.1. The molecule has 1 aliphatic heterocycles. The van der Waals surface area contributed by atoms with Gasteiger partial charge in [-0.3, -0.25) is 19.2 Å². The molecule has 0 bridgehead atoms. The number of nitrogens with zero attached hydrogens (tertiary/aromatic N) is 3. The molecule has 1 aromatic heterocycles. The Morgan fingerprint density at radius 3 is 2.68 bits per heavy atom. The van der Waals surface area contributed by atoms with Crippen LogP contribution in [0.4, 0.5) is 5.69 Å². The first-order valence-electron chi connectivity index (χ1n) is 7.09. The number of carbonyl (C=O) groups excluding carboxylic acids is 2. The van der Waals surface area contributed by atoms with Gasteiger partial charge in [0.1, 0.15) is 0 Å². The van der Waals surface area contributed by atoms with Gasteiger partial charge in [-0.2, -0.15) is 5.10 Å². The van der Waals surface area contributed by atoms with Crippen LogP contribution < -0.4 is 4.90 Å². The summed E-state index contributed by atoms with van der Waals surface area (Å²) in [5.74, 6) is -0.672. The Hall–Kier alpha value is -1.95. The van der Waals surface area contributed by atoms with Gasteiger partial charge in [0.2, 0.25) is 11.8 Å². The second-order valence-corrected chi connectivity index (χ2v) is 6.47. The molecule has 6 heteroatoms. The molecule has 1 atom stereocenters. The summed E-state index contributed by atoms with van der Waals surface area (Å²) in [6.07, 6.45) is 0.226. The van der Waals surface area contributed by atoms with E-state index in [1.807, 2.05) is 32.0 Å². The minimum atomic E-state index is -0.357. The number of aromatic nitrogens is 2. The van der Waals surface area contributed by atoms with Crippen LogP contribution in [0.15, 0.2) is 34.8 Å². The quantitative estimate of drug-likeness (QED) is 0.789. The topological polar surface area (TPSA) is 55.2 Å². The van der Waals surface area contributed by atoms with Crippen molar-refractivity contribution in [3.05, 3.63) is 46.2 Å². The Morgan fingerprint density at radius 2 is 2.05 bits per heavy atom. The largest absolute Gasteiger partial charge is 0.274 e. The minimum absolute atomic E-state index is 0.157. The van der Waals surface area contributed by atoms with Crippen LogP contribution in [0.1, 0.15) is 17.8 Å². The van der Waals surface area contributed by atoms with Gasteiger partial charge in [-0.25, -0.2) is 0 Å². The SMILES string of the molecule is Cc1cc(C)n(CC2CC(=O)N(c3cccc(Br)c3)C2=O)n1. The van der Waals surface area contributed by atoms with Crippen molar-refractivity contribution >= 4 is 33.4 Å². The third kappa shape index (κ3) is 2.70. The highest BCUT2D eigenvalue weighted by atomic mass is 79.9. The van der Waals surface area contributed by atoms with Gasteiger partial charge >= 0.3 is 0 Å². The number of amides is 2. The average Bonchev–Trinajstić information content (AvgIpc) is 2.90. The Bertz CT molecular complexity index is 754. The van der Waals surface area contributed by atoms with E-state index in [1.165, 1.54) is 4.90 Å². The molecule has 1 unspecified atom stereocenters. The first-order chi connectivity index (χ1) is 10.5. The zero-order valence-corrected chi connectivity index (χ0v) is 14.0. The Kier molecular flexibility index (Phi) is 3.87. The summed E-state index contributed by atoms with van der Waals surface area (Å²) >= 11 is 3.37. The van der Waals surface area contributed by atoms with Crippen LogP contribution in [0.2, 0.25) is 0 Å². The van der Waals surface area contributed by atoms with Gasteiger partial charge in [0.25, 0.3) is 0 Å². The van der Waals surface area contributed by atoms with E-state index in [0.29, 0.717) is 12.2 Å². The van der Waals surface area contributed by atoms with Crippen molar-refractivity contribution in [2.24, 2.45) is 5.92 Å². The molecule has 22 heavy (non-hydrogen) atoms.